The monoisotopic (exact) mass is 347 g/mol. The lowest BCUT2D eigenvalue weighted by atomic mass is 9.77. The molecule has 9 heteroatoms. The van der Waals surface area contributed by atoms with Gasteiger partial charge in [0.1, 0.15) is 5.54 Å². The van der Waals surface area contributed by atoms with Crippen molar-refractivity contribution < 1.29 is 27.6 Å². The number of carbonyl (C=O) groups excluding carboxylic acids is 3. The minimum Gasteiger partial charge on any atom is -0.342 e. The maximum absolute atomic E-state index is 13.2. The van der Waals surface area contributed by atoms with E-state index < -0.39 is 41.4 Å². The van der Waals surface area contributed by atoms with Crippen LogP contribution in [0.5, 0.6) is 0 Å². The Morgan fingerprint density at radius 3 is 2.29 bits per heavy atom. The highest BCUT2D eigenvalue weighted by atomic mass is 19.4. The predicted molar refractivity (Wildman–Crippen MR) is 76.7 cm³/mol. The van der Waals surface area contributed by atoms with Gasteiger partial charge in [0.25, 0.3) is 5.91 Å². The minimum atomic E-state index is -4.36. The van der Waals surface area contributed by atoms with Gasteiger partial charge in [-0.1, -0.05) is 12.8 Å². The number of likely N-dealkylation sites (tertiary alicyclic amines) is 1. The summed E-state index contributed by atoms with van der Waals surface area (Å²) in [5.41, 5.74) is -1.02. The minimum absolute atomic E-state index is 0.00382. The van der Waals surface area contributed by atoms with E-state index in [9.17, 15) is 27.6 Å². The van der Waals surface area contributed by atoms with Crippen molar-refractivity contribution in [2.45, 2.75) is 50.2 Å². The van der Waals surface area contributed by atoms with Gasteiger partial charge in [0.05, 0.1) is 5.92 Å². The number of piperidine rings is 1. The summed E-state index contributed by atoms with van der Waals surface area (Å²) in [6, 6.07) is -0.566. The Balaban J connectivity index is 1.66. The number of alkyl halides is 3. The van der Waals surface area contributed by atoms with Crippen LogP contribution in [0.3, 0.4) is 0 Å². The average molecular weight is 347 g/mol. The molecule has 4 amide bonds. The Kier molecular flexibility index (Phi) is 4.21. The van der Waals surface area contributed by atoms with Gasteiger partial charge in [-0.05, 0) is 25.7 Å². The molecule has 0 aromatic heterocycles. The van der Waals surface area contributed by atoms with E-state index in [4.69, 9.17) is 0 Å². The largest absolute Gasteiger partial charge is 0.392 e. The van der Waals surface area contributed by atoms with Crippen molar-refractivity contribution in [3.63, 3.8) is 0 Å². The number of hydrogen-bond acceptors (Lipinski definition) is 3. The molecule has 0 aromatic carbocycles. The number of amides is 4. The summed E-state index contributed by atoms with van der Waals surface area (Å²) in [6.45, 7) is 0.348. The average Bonchev–Trinajstić information content (AvgIpc) is 2.80. The summed E-state index contributed by atoms with van der Waals surface area (Å²) in [4.78, 5) is 37.2. The lowest BCUT2D eigenvalue weighted by molar-refractivity contribution is -0.201. The molecule has 134 valence electrons. The first kappa shape index (κ1) is 17.0. The van der Waals surface area contributed by atoms with Crippen LogP contribution >= 0.6 is 0 Å². The Labute approximate surface area is 137 Å². The van der Waals surface area contributed by atoms with E-state index in [2.05, 4.69) is 10.6 Å². The van der Waals surface area contributed by atoms with Crippen LogP contribution in [0, 0.1) is 11.8 Å². The number of rotatable bonds is 1. The molecule has 2 aliphatic heterocycles. The van der Waals surface area contributed by atoms with Gasteiger partial charge in [-0.2, -0.15) is 13.2 Å². The van der Waals surface area contributed by atoms with Crippen LogP contribution in [0.2, 0.25) is 0 Å². The Morgan fingerprint density at radius 1 is 1.12 bits per heavy atom. The van der Waals surface area contributed by atoms with Crippen LogP contribution in [0.4, 0.5) is 18.0 Å². The summed E-state index contributed by atoms with van der Waals surface area (Å²) in [6.07, 6.45) is -2.56. The van der Waals surface area contributed by atoms with Crippen molar-refractivity contribution in [2.24, 2.45) is 11.8 Å². The van der Waals surface area contributed by atoms with Gasteiger partial charge in [0.2, 0.25) is 5.91 Å². The first-order valence-electron chi connectivity index (χ1n) is 8.22. The second kappa shape index (κ2) is 5.93. The molecule has 0 bridgehead atoms. The molecule has 6 nitrogen and oxygen atoms in total. The molecule has 3 aliphatic rings. The number of hydrogen-bond donors (Lipinski definition) is 2. The fraction of sp³-hybridized carbons (Fsp3) is 0.800. The summed E-state index contributed by atoms with van der Waals surface area (Å²) in [5.74, 6) is -3.51. The molecule has 0 unspecified atom stereocenters. The maximum atomic E-state index is 13.2. The van der Waals surface area contributed by atoms with Gasteiger partial charge < -0.3 is 10.2 Å². The molecule has 24 heavy (non-hydrogen) atoms. The molecule has 2 saturated heterocycles. The zero-order valence-corrected chi connectivity index (χ0v) is 13.1. The molecule has 3 rings (SSSR count). The van der Waals surface area contributed by atoms with E-state index in [0.717, 1.165) is 0 Å². The SMILES string of the molecule is O=C1NC(=O)C2(CCN(C(=O)[C@@H]3CCCC[C@H]3C(F)(F)F)CC2)N1. The molecule has 1 saturated carbocycles. The Morgan fingerprint density at radius 2 is 1.75 bits per heavy atom. The second-order valence-corrected chi connectivity index (χ2v) is 6.85. The molecule has 3 fully saturated rings. The second-order valence-electron chi connectivity index (χ2n) is 6.85. The number of halogens is 3. The number of carbonyl (C=O) groups is 3. The van der Waals surface area contributed by atoms with Gasteiger partial charge in [-0.3, -0.25) is 14.9 Å². The van der Waals surface area contributed by atoms with E-state index in [1.165, 1.54) is 4.90 Å². The fourth-order valence-electron chi connectivity index (χ4n) is 4.04. The van der Waals surface area contributed by atoms with Gasteiger partial charge in [-0.25, -0.2) is 4.79 Å². The summed E-state index contributed by atoms with van der Waals surface area (Å²) in [5, 5.41) is 4.74. The Hall–Kier alpha value is -1.80. The van der Waals surface area contributed by atoms with E-state index in [-0.39, 0.29) is 38.8 Å². The highest BCUT2D eigenvalue weighted by Gasteiger charge is 2.52. The van der Waals surface area contributed by atoms with Crippen LogP contribution in [0.25, 0.3) is 0 Å². The van der Waals surface area contributed by atoms with Gasteiger partial charge >= 0.3 is 12.2 Å². The van der Waals surface area contributed by atoms with Gasteiger partial charge in [-0.15, -0.1) is 0 Å². The van der Waals surface area contributed by atoms with Crippen molar-refractivity contribution in [1.82, 2.24) is 15.5 Å². The molecule has 1 aliphatic carbocycles. The molecule has 0 radical (unpaired) electrons. The standard InChI is InChI=1S/C15H20F3N3O3/c16-15(17,18)10-4-2-1-3-9(10)11(22)21-7-5-14(6-8-21)12(23)19-13(24)20-14/h9-10H,1-8H2,(H2,19,20,23,24)/t9-,10-/m1/s1. The molecular weight excluding hydrogens is 327 g/mol. The van der Waals surface area contributed by atoms with Crippen LogP contribution in [0.15, 0.2) is 0 Å². The number of nitrogens with one attached hydrogen (secondary N) is 2. The lowest BCUT2D eigenvalue weighted by Crippen LogP contribution is -2.57. The summed E-state index contributed by atoms with van der Waals surface area (Å²) < 4.78 is 39.5. The Bertz CT molecular complexity index is 556. The smallest absolute Gasteiger partial charge is 0.342 e. The molecule has 1 spiro atoms. The third kappa shape index (κ3) is 2.95. The third-order valence-electron chi connectivity index (χ3n) is 5.45. The van der Waals surface area contributed by atoms with Gasteiger partial charge in [0.15, 0.2) is 0 Å². The van der Waals surface area contributed by atoms with Crippen LogP contribution in [-0.2, 0) is 9.59 Å². The highest BCUT2D eigenvalue weighted by molar-refractivity contribution is 6.07. The zero-order valence-electron chi connectivity index (χ0n) is 13.1. The third-order valence-corrected chi connectivity index (χ3v) is 5.45. The first-order chi connectivity index (χ1) is 11.2. The van der Waals surface area contributed by atoms with Gasteiger partial charge in [0, 0.05) is 19.0 Å². The molecule has 2 N–H and O–H groups in total. The highest BCUT2D eigenvalue weighted by Crippen LogP contribution is 2.42. The van der Waals surface area contributed by atoms with Crippen LogP contribution in [0.1, 0.15) is 38.5 Å². The van der Waals surface area contributed by atoms with Crippen molar-refractivity contribution in [2.75, 3.05) is 13.1 Å². The quantitative estimate of drug-likeness (QED) is 0.707. The molecule has 2 atom stereocenters. The van der Waals surface area contributed by atoms with Crippen molar-refractivity contribution in [3.05, 3.63) is 0 Å². The summed E-state index contributed by atoms with van der Waals surface area (Å²) >= 11 is 0. The lowest BCUT2D eigenvalue weighted by Gasteiger charge is -2.40. The number of nitrogens with zero attached hydrogens (tertiary/aromatic N) is 1. The normalized spacial score (nSPS) is 30.2. The maximum Gasteiger partial charge on any atom is 0.392 e. The first-order valence-corrected chi connectivity index (χ1v) is 8.22. The summed E-state index contributed by atoms with van der Waals surface area (Å²) in [7, 11) is 0. The van der Waals surface area contributed by atoms with Crippen molar-refractivity contribution in [1.29, 1.82) is 0 Å². The number of imide groups is 1. The molecule has 2 heterocycles. The van der Waals surface area contributed by atoms with Crippen LogP contribution in [-0.4, -0.2) is 47.6 Å². The van der Waals surface area contributed by atoms with E-state index in [1.54, 1.807) is 0 Å². The molecule has 0 aromatic rings. The number of urea groups is 1. The van der Waals surface area contributed by atoms with E-state index in [1.807, 2.05) is 0 Å². The predicted octanol–water partition coefficient (Wildman–Crippen LogP) is 1.56. The van der Waals surface area contributed by atoms with Crippen LogP contribution < -0.4 is 10.6 Å². The molecular formula is C15H20F3N3O3. The van der Waals surface area contributed by atoms with Crippen molar-refractivity contribution >= 4 is 17.8 Å². The topological polar surface area (TPSA) is 78.5 Å². The van der Waals surface area contributed by atoms with E-state index in [0.29, 0.717) is 12.8 Å². The van der Waals surface area contributed by atoms with E-state index >= 15 is 0 Å². The van der Waals surface area contributed by atoms with Crippen molar-refractivity contribution in [3.8, 4) is 0 Å². The fourth-order valence-corrected chi connectivity index (χ4v) is 4.04. The zero-order chi connectivity index (χ0) is 17.5.